The average molecular weight is 451 g/mol. The molecule has 7 nitrogen and oxygen atoms in total. The fourth-order valence-electron chi connectivity index (χ4n) is 5.07. The van der Waals surface area contributed by atoms with Crippen LogP contribution in [0.4, 0.5) is 4.79 Å². The molecule has 3 N–H and O–H groups in total. The highest BCUT2D eigenvalue weighted by Crippen LogP contribution is 2.44. The minimum Gasteiger partial charge on any atom is -0.481 e. The van der Waals surface area contributed by atoms with Crippen molar-refractivity contribution in [3.8, 4) is 11.1 Å². The molecule has 2 aliphatic carbocycles. The molecule has 0 spiro atoms. The Labute approximate surface area is 193 Å². The first kappa shape index (κ1) is 22.8. The zero-order chi connectivity index (χ0) is 23.4. The third-order valence-corrected chi connectivity index (χ3v) is 6.69. The summed E-state index contributed by atoms with van der Waals surface area (Å²) in [5.41, 5.74) is 3.47. The number of aliphatic carboxylic acids is 1. The van der Waals surface area contributed by atoms with E-state index in [-0.39, 0.29) is 24.9 Å². The fourth-order valence-corrected chi connectivity index (χ4v) is 5.07. The van der Waals surface area contributed by atoms with Gasteiger partial charge in [0.05, 0.1) is 6.42 Å². The van der Waals surface area contributed by atoms with E-state index >= 15 is 0 Å². The molecule has 2 amide bonds. The largest absolute Gasteiger partial charge is 0.481 e. The van der Waals surface area contributed by atoms with E-state index in [1.54, 1.807) is 6.92 Å². The number of amides is 2. The highest BCUT2D eigenvalue weighted by atomic mass is 16.5. The Hall–Kier alpha value is -3.35. The van der Waals surface area contributed by atoms with Crippen LogP contribution in [0.3, 0.4) is 0 Å². The van der Waals surface area contributed by atoms with E-state index in [2.05, 4.69) is 34.9 Å². The predicted octanol–water partition coefficient (Wildman–Crippen LogP) is 4.21. The summed E-state index contributed by atoms with van der Waals surface area (Å²) in [4.78, 5) is 36.9. The number of rotatable bonds is 7. The Morgan fingerprint density at radius 1 is 1.00 bits per heavy atom. The van der Waals surface area contributed by atoms with Gasteiger partial charge in [-0.15, -0.1) is 0 Å². The second-order valence-corrected chi connectivity index (χ2v) is 9.07. The second kappa shape index (κ2) is 9.65. The first-order valence-electron chi connectivity index (χ1n) is 11.6. The molecule has 0 unspecified atom stereocenters. The number of carboxylic acid groups (broad SMARTS) is 1. The van der Waals surface area contributed by atoms with Crippen molar-refractivity contribution in [1.29, 1.82) is 0 Å². The number of carboxylic acids is 1. The van der Waals surface area contributed by atoms with Crippen molar-refractivity contribution in [3.05, 3.63) is 59.7 Å². The lowest BCUT2D eigenvalue weighted by molar-refractivity contribution is -0.138. The zero-order valence-electron chi connectivity index (χ0n) is 18.8. The van der Waals surface area contributed by atoms with Crippen molar-refractivity contribution < 1.29 is 24.2 Å². The minimum atomic E-state index is -1.08. The van der Waals surface area contributed by atoms with Crippen LogP contribution >= 0.6 is 0 Å². The van der Waals surface area contributed by atoms with Crippen LogP contribution in [0.15, 0.2) is 48.5 Å². The van der Waals surface area contributed by atoms with Crippen molar-refractivity contribution in [1.82, 2.24) is 10.6 Å². The maximum absolute atomic E-state index is 13.1. The molecule has 0 bridgehead atoms. The van der Waals surface area contributed by atoms with Gasteiger partial charge < -0.3 is 20.5 Å². The average Bonchev–Trinajstić information content (AvgIpc) is 3.11. The smallest absolute Gasteiger partial charge is 0.408 e. The Balaban J connectivity index is 1.44. The molecular weight excluding hydrogens is 420 g/mol. The van der Waals surface area contributed by atoms with Crippen molar-refractivity contribution in [2.45, 2.75) is 62.9 Å². The summed E-state index contributed by atoms with van der Waals surface area (Å²) in [5.74, 6) is -1.38. The number of alkyl carbamates (subject to hydrolysis) is 1. The van der Waals surface area contributed by atoms with Gasteiger partial charge in [-0.05, 0) is 42.0 Å². The van der Waals surface area contributed by atoms with Crippen molar-refractivity contribution >= 4 is 18.0 Å². The first-order chi connectivity index (χ1) is 15.9. The van der Waals surface area contributed by atoms with Crippen LogP contribution in [0.5, 0.6) is 0 Å². The van der Waals surface area contributed by atoms with Crippen LogP contribution in [0.25, 0.3) is 11.1 Å². The number of hydrogen-bond donors (Lipinski definition) is 3. The van der Waals surface area contributed by atoms with Crippen LogP contribution in [-0.2, 0) is 14.3 Å². The standard InChI is InChI=1S/C26H30N2O5/c1-17(15-23(29)30)27-24(31)26(13-7-2-8-14-26)28-25(32)33-16-22-20-11-5-3-9-18(20)19-10-4-6-12-21(19)22/h3-6,9-12,17,22H,2,7-8,13-16H2,1H3,(H,27,31)(H,28,32)(H,29,30)/t17-/m1/s1. The third-order valence-electron chi connectivity index (χ3n) is 6.69. The molecule has 33 heavy (non-hydrogen) atoms. The lowest BCUT2D eigenvalue weighted by Gasteiger charge is -2.37. The summed E-state index contributed by atoms with van der Waals surface area (Å²) in [6.07, 6.45) is 2.82. The lowest BCUT2D eigenvalue weighted by Crippen LogP contribution is -2.61. The van der Waals surface area contributed by atoms with Gasteiger partial charge >= 0.3 is 12.1 Å². The molecule has 174 valence electrons. The Morgan fingerprint density at radius 2 is 1.58 bits per heavy atom. The van der Waals surface area contributed by atoms with Gasteiger partial charge in [0.25, 0.3) is 0 Å². The number of carbonyl (C=O) groups is 3. The van der Waals surface area contributed by atoms with Crippen LogP contribution in [0.1, 0.15) is 62.5 Å². The number of carbonyl (C=O) groups excluding carboxylic acids is 2. The van der Waals surface area contributed by atoms with Crippen LogP contribution in [-0.4, -0.2) is 41.3 Å². The van der Waals surface area contributed by atoms with Crippen LogP contribution < -0.4 is 10.6 Å². The number of hydrogen-bond acceptors (Lipinski definition) is 4. The molecular formula is C26H30N2O5. The lowest BCUT2D eigenvalue weighted by atomic mass is 9.80. The summed E-state index contributed by atoms with van der Waals surface area (Å²) < 4.78 is 5.66. The molecule has 0 aliphatic heterocycles. The Kier molecular flexibility index (Phi) is 6.67. The van der Waals surface area contributed by atoms with Gasteiger partial charge in [-0.1, -0.05) is 67.8 Å². The Bertz CT molecular complexity index is 999. The van der Waals surface area contributed by atoms with E-state index in [9.17, 15) is 14.4 Å². The highest BCUT2D eigenvalue weighted by Gasteiger charge is 2.42. The molecule has 0 radical (unpaired) electrons. The first-order valence-corrected chi connectivity index (χ1v) is 11.6. The normalized spacial score (nSPS) is 17.4. The molecule has 4 rings (SSSR count). The Morgan fingerprint density at radius 3 is 2.15 bits per heavy atom. The topological polar surface area (TPSA) is 105 Å². The molecule has 0 aromatic heterocycles. The predicted molar refractivity (Wildman–Crippen MR) is 124 cm³/mol. The summed E-state index contributed by atoms with van der Waals surface area (Å²) in [6, 6.07) is 15.7. The van der Waals surface area contributed by atoms with Crippen molar-refractivity contribution in [3.63, 3.8) is 0 Å². The number of nitrogens with one attached hydrogen (secondary N) is 2. The third kappa shape index (κ3) is 4.87. The van der Waals surface area contributed by atoms with E-state index in [0.29, 0.717) is 12.8 Å². The van der Waals surface area contributed by atoms with Gasteiger partial charge in [-0.2, -0.15) is 0 Å². The highest BCUT2D eigenvalue weighted by molar-refractivity contribution is 5.90. The van der Waals surface area contributed by atoms with E-state index in [4.69, 9.17) is 9.84 Å². The molecule has 1 saturated carbocycles. The quantitative estimate of drug-likeness (QED) is 0.586. The SMILES string of the molecule is C[C@H](CC(=O)O)NC(=O)C1(NC(=O)OCC2c3ccccc3-c3ccccc32)CCCCC1. The monoisotopic (exact) mass is 450 g/mol. The molecule has 2 aliphatic rings. The van der Waals surface area contributed by atoms with E-state index in [0.717, 1.165) is 41.5 Å². The maximum Gasteiger partial charge on any atom is 0.408 e. The number of ether oxygens (including phenoxy) is 1. The molecule has 1 atom stereocenters. The minimum absolute atomic E-state index is 0.0603. The number of fused-ring (bicyclic) bond motifs is 3. The molecule has 0 heterocycles. The molecule has 0 saturated heterocycles. The second-order valence-electron chi connectivity index (χ2n) is 9.07. The van der Waals surface area contributed by atoms with E-state index < -0.39 is 23.6 Å². The summed E-state index contributed by atoms with van der Waals surface area (Å²) in [5, 5.41) is 14.6. The summed E-state index contributed by atoms with van der Waals surface area (Å²) >= 11 is 0. The van der Waals surface area contributed by atoms with Gasteiger partial charge in [-0.25, -0.2) is 4.79 Å². The molecule has 2 aromatic carbocycles. The fraction of sp³-hybridized carbons (Fsp3) is 0.423. The summed E-state index contributed by atoms with van der Waals surface area (Å²) in [6.45, 7) is 1.82. The van der Waals surface area contributed by atoms with Gasteiger partial charge in [0.1, 0.15) is 12.1 Å². The number of benzene rings is 2. The maximum atomic E-state index is 13.1. The molecule has 1 fully saturated rings. The van der Waals surface area contributed by atoms with Gasteiger partial charge in [0, 0.05) is 12.0 Å². The van der Waals surface area contributed by atoms with Gasteiger partial charge in [0.15, 0.2) is 0 Å². The van der Waals surface area contributed by atoms with E-state index in [1.165, 1.54) is 0 Å². The van der Waals surface area contributed by atoms with Crippen LogP contribution in [0, 0.1) is 0 Å². The van der Waals surface area contributed by atoms with Crippen LogP contribution in [0.2, 0.25) is 0 Å². The van der Waals surface area contributed by atoms with Crippen molar-refractivity contribution in [2.75, 3.05) is 6.61 Å². The van der Waals surface area contributed by atoms with Crippen molar-refractivity contribution in [2.24, 2.45) is 0 Å². The van der Waals surface area contributed by atoms with Gasteiger partial charge in [-0.3, -0.25) is 9.59 Å². The summed E-state index contributed by atoms with van der Waals surface area (Å²) in [7, 11) is 0. The van der Waals surface area contributed by atoms with Gasteiger partial charge in [0.2, 0.25) is 5.91 Å². The van der Waals surface area contributed by atoms with E-state index in [1.807, 2.05) is 24.3 Å². The zero-order valence-corrected chi connectivity index (χ0v) is 18.8. The molecule has 7 heteroatoms. The molecule has 2 aromatic rings.